The van der Waals surface area contributed by atoms with E-state index in [1.54, 1.807) is 6.92 Å². The Balaban J connectivity index is 3.32. The second-order valence-electron chi connectivity index (χ2n) is 3.09. The minimum absolute atomic E-state index is 0.125. The maximum Gasteiger partial charge on any atom is 0.416 e. The quantitative estimate of drug-likeness (QED) is 0.811. The maximum atomic E-state index is 12.5. The lowest BCUT2D eigenvalue weighted by Gasteiger charge is -2.12. The highest BCUT2D eigenvalue weighted by Crippen LogP contribution is 2.32. The van der Waals surface area contributed by atoms with E-state index in [0.717, 1.165) is 6.07 Å². The molecule has 2 nitrogen and oxygen atoms in total. The van der Waals surface area contributed by atoms with Crippen molar-refractivity contribution in [3.63, 3.8) is 0 Å². The number of carbonyl (C=O) groups is 1. The van der Waals surface area contributed by atoms with Crippen LogP contribution in [0.5, 0.6) is 0 Å². The average molecular weight is 217 g/mol. The van der Waals surface area contributed by atoms with Crippen LogP contribution < -0.4 is 5.73 Å². The van der Waals surface area contributed by atoms with Gasteiger partial charge < -0.3 is 5.73 Å². The molecule has 0 aliphatic heterocycles. The van der Waals surface area contributed by atoms with Crippen LogP contribution in [0.1, 0.15) is 28.4 Å². The van der Waals surface area contributed by atoms with Crippen LogP contribution in [0.15, 0.2) is 18.2 Å². The Morgan fingerprint density at radius 3 is 2.40 bits per heavy atom. The van der Waals surface area contributed by atoms with Gasteiger partial charge in [0.05, 0.1) is 5.56 Å². The van der Waals surface area contributed by atoms with E-state index in [4.69, 9.17) is 5.73 Å². The summed E-state index contributed by atoms with van der Waals surface area (Å²) in [5.41, 5.74) is 4.15. The molecular formula is C10H10F3NO. The van der Waals surface area contributed by atoms with Crippen LogP contribution in [-0.4, -0.2) is 5.91 Å². The number of carbonyl (C=O) groups excluding carboxylic acids is 1. The standard InChI is InChI=1S/C10H10F3NO/c1-2-6-3-4-7(9(14)15)5-8(6)10(11,12)13/h3-5H,2H2,1H3,(H2,14,15). The average Bonchev–Trinajstić information content (AvgIpc) is 2.15. The lowest BCUT2D eigenvalue weighted by Crippen LogP contribution is -2.15. The molecule has 0 bridgehead atoms. The molecule has 82 valence electrons. The molecule has 0 unspecified atom stereocenters. The molecule has 0 saturated heterocycles. The van der Waals surface area contributed by atoms with Crippen LogP contribution in [0.2, 0.25) is 0 Å². The lowest BCUT2D eigenvalue weighted by atomic mass is 10.0. The van der Waals surface area contributed by atoms with Crippen LogP contribution in [0.3, 0.4) is 0 Å². The summed E-state index contributed by atoms with van der Waals surface area (Å²) in [5, 5.41) is 0. The summed E-state index contributed by atoms with van der Waals surface area (Å²) in [6, 6.07) is 3.38. The smallest absolute Gasteiger partial charge is 0.366 e. The second-order valence-corrected chi connectivity index (χ2v) is 3.09. The minimum atomic E-state index is -4.45. The summed E-state index contributed by atoms with van der Waals surface area (Å²) in [6.07, 6.45) is -4.19. The van der Waals surface area contributed by atoms with Crippen LogP contribution >= 0.6 is 0 Å². The first-order chi connectivity index (χ1) is 6.86. The molecule has 5 heteroatoms. The molecule has 0 heterocycles. The van der Waals surface area contributed by atoms with Crippen LogP contribution in [-0.2, 0) is 12.6 Å². The fraction of sp³-hybridized carbons (Fsp3) is 0.300. The zero-order chi connectivity index (χ0) is 11.6. The van der Waals surface area contributed by atoms with Crippen molar-refractivity contribution in [2.45, 2.75) is 19.5 Å². The third kappa shape index (κ3) is 2.49. The third-order valence-electron chi connectivity index (χ3n) is 2.08. The van der Waals surface area contributed by atoms with E-state index in [0.29, 0.717) is 0 Å². The molecule has 0 aliphatic rings. The fourth-order valence-electron chi connectivity index (χ4n) is 1.30. The zero-order valence-electron chi connectivity index (χ0n) is 8.06. The first kappa shape index (κ1) is 11.6. The molecule has 15 heavy (non-hydrogen) atoms. The molecule has 0 atom stereocenters. The van der Waals surface area contributed by atoms with Crippen molar-refractivity contribution in [2.75, 3.05) is 0 Å². The molecule has 1 amide bonds. The summed E-state index contributed by atoms with van der Waals surface area (Å²) < 4.78 is 37.6. The summed E-state index contributed by atoms with van der Waals surface area (Å²) in [4.78, 5) is 10.7. The lowest BCUT2D eigenvalue weighted by molar-refractivity contribution is -0.138. The van der Waals surface area contributed by atoms with Gasteiger partial charge in [-0.3, -0.25) is 4.79 Å². The summed E-state index contributed by atoms with van der Waals surface area (Å²) in [6.45, 7) is 1.62. The highest BCUT2D eigenvalue weighted by molar-refractivity contribution is 5.93. The van der Waals surface area contributed by atoms with Crippen LogP contribution in [0, 0.1) is 0 Å². The molecule has 0 saturated carbocycles. The van der Waals surface area contributed by atoms with Crippen LogP contribution in [0.4, 0.5) is 13.2 Å². The van der Waals surface area contributed by atoms with Gasteiger partial charge in [0, 0.05) is 5.56 Å². The van der Waals surface area contributed by atoms with E-state index in [9.17, 15) is 18.0 Å². The Kier molecular flexibility index (Phi) is 3.02. The monoisotopic (exact) mass is 217 g/mol. The maximum absolute atomic E-state index is 12.5. The van der Waals surface area contributed by atoms with Crippen molar-refractivity contribution >= 4 is 5.91 Å². The van der Waals surface area contributed by atoms with Gasteiger partial charge in [0.25, 0.3) is 0 Å². The molecule has 1 aromatic carbocycles. The summed E-state index contributed by atoms with van der Waals surface area (Å²) in [5.74, 6) is -0.858. The van der Waals surface area contributed by atoms with E-state index < -0.39 is 17.6 Å². The van der Waals surface area contributed by atoms with Crippen molar-refractivity contribution in [3.05, 3.63) is 34.9 Å². The first-order valence-electron chi connectivity index (χ1n) is 4.36. The third-order valence-corrected chi connectivity index (χ3v) is 2.08. The number of nitrogens with two attached hydrogens (primary N) is 1. The van der Waals surface area contributed by atoms with Crippen molar-refractivity contribution in [2.24, 2.45) is 5.73 Å². The van der Waals surface area contributed by atoms with Crippen molar-refractivity contribution in [1.29, 1.82) is 0 Å². The Morgan fingerprint density at radius 1 is 1.40 bits per heavy atom. The number of amides is 1. The van der Waals surface area contributed by atoms with Gasteiger partial charge in [0.1, 0.15) is 0 Å². The topological polar surface area (TPSA) is 43.1 Å². The normalized spacial score (nSPS) is 11.5. The number of hydrogen-bond donors (Lipinski definition) is 1. The highest BCUT2D eigenvalue weighted by Gasteiger charge is 2.33. The Labute approximate surface area is 84.9 Å². The Bertz CT molecular complexity index is 385. The van der Waals surface area contributed by atoms with Gasteiger partial charge in [-0.2, -0.15) is 13.2 Å². The molecule has 2 N–H and O–H groups in total. The molecule has 0 fully saturated rings. The molecule has 1 rings (SSSR count). The SMILES string of the molecule is CCc1ccc(C(N)=O)cc1C(F)(F)F. The number of alkyl halides is 3. The number of halogens is 3. The van der Waals surface area contributed by atoms with Gasteiger partial charge in [-0.25, -0.2) is 0 Å². The van der Waals surface area contributed by atoms with Crippen molar-refractivity contribution in [1.82, 2.24) is 0 Å². The van der Waals surface area contributed by atoms with Gasteiger partial charge in [-0.15, -0.1) is 0 Å². The molecular weight excluding hydrogens is 207 g/mol. The molecule has 0 radical (unpaired) electrons. The van der Waals surface area contributed by atoms with E-state index in [1.165, 1.54) is 12.1 Å². The van der Waals surface area contributed by atoms with Crippen molar-refractivity contribution in [3.8, 4) is 0 Å². The van der Waals surface area contributed by atoms with E-state index in [1.807, 2.05) is 0 Å². The van der Waals surface area contributed by atoms with Crippen LogP contribution in [0.25, 0.3) is 0 Å². The largest absolute Gasteiger partial charge is 0.416 e. The summed E-state index contributed by atoms with van der Waals surface area (Å²) in [7, 11) is 0. The molecule has 0 aromatic heterocycles. The predicted octanol–water partition coefficient (Wildman–Crippen LogP) is 2.37. The van der Waals surface area contributed by atoms with Gasteiger partial charge in [0.15, 0.2) is 0 Å². The highest BCUT2D eigenvalue weighted by atomic mass is 19.4. The number of primary amides is 1. The fourth-order valence-corrected chi connectivity index (χ4v) is 1.30. The Morgan fingerprint density at radius 2 is 2.00 bits per heavy atom. The number of benzene rings is 1. The van der Waals surface area contributed by atoms with E-state index in [-0.39, 0.29) is 17.5 Å². The van der Waals surface area contributed by atoms with Gasteiger partial charge in [-0.1, -0.05) is 13.0 Å². The second kappa shape index (κ2) is 3.92. The minimum Gasteiger partial charge on any atom is -0.366 e. The summed E-state index contributed by atoms with van der Waals surface area (Å²) >= 11 is 0. The first-order valence-corrected chi connectivity index (χ1v) is 4.36. The zero-order valence-corrected chi connectivity index (χ0v) is 8.06. The number of hydrogen-bond acceptors (Lipinski definition) is 1. The molecule has 0 aliphatic carbocycles. The predicted molar refractivity (Wildman–Crippen MR) is 49.3 cm³/mol. The van der Waals surface area contributed by atoms with Crippen molar-refractivity contribution < 1.29 is 18.0 Å². The van der Waals surface area contributed by atoms with Gasteiger partial charge in [0.2, 0.25) is 5.91 Å². The number of rotatable bonds is 2. The van der Waals surface area contributed by atoms with E-state index >= 15 is 0 Å². The number of aryl methyl sites for hydroxylation is 1. The molecule has 0 spiro atoms. The van der Waals surface area contributed by atoms with Gasteiger partial charge >= 0.3 is 6.18 Å². The van der Waals surface area contributed by atoms with E-state index in [2.05, 4.69) is 0 Å². The molecule has 1 aromatic rings. The Hall–Kier alpha value is -1.52. The van der Waals surface area contributed by atoms with Gasteiger partial charge in [-0.05, 0) is 24.1 Å².